The monoisotopic (exact) mass is 400 g/mol. The van der Waals surface area contributed by atoms with Crippen molar-refractivity contribution in [1.82, 2.24) is 14.8 Å². The Kier molecular flexibility index (Phi) is 5.93. The summed E-state index contributed by atoms with van der Waals surface area (Å²) in [6.45, 7) is 1.49. The lowest BCUT2D eigenvalue weighted by atomic mass is 10.1. The van der Waals surface area contributed by atoms with Crippen molar-refractivity contribution >= 4 is 40.7 Å². The SMILES string of the molecule is CC(=O)c1cccc(NC(=O)CSc2nnc(-c3ccc(Cl)cc3)n2C)c1. The molecule has 0 atom stereocenters. The first-order valence-electron chi connectivity index (χ1n) is 8.13. The summed E-state index contributed by atoms with van der Waals surface area (Å²) in [7, 11) is 1.85. The Labute approximate surface area is 165 Å². The molecule has 0 bridgehead atoms. The molecule has 0 aliphatic heterocycles. The second-order valence-electron chi connectivity index (χ2n) is 5.85. The quantitative estimate of drug-likeness (QED) is 0.498. The molecule has 1 N–H and O–H groups in total. The molecular weight excluding hydrogens is 384 g/mol. The number of amides is 1. The molecule has 0 aliphatic rings. The van der Waals surface area contributed by atoms with Crippen LogP contribution in [0.15, 0.2) is 53.7 Å². The van der Waals surface area contributed by atoms with Gasteiger partial charge in [-0.25, -0.2) is 0 Å². The van der Waals surface area contributed by atoms with E-state index in [4.69, 9.17) is 11.6 Å². The molecule has 0 fully saturated rings. The Hall–Kier alpha value is -2.64. The maximum Gasteiger partial charge on any atom is 0.234 e. The third-order valence-corrected chi connectivity index (χ3v) is 5.09. The molecule has 3 rings (SSSR count). The minimum Gasteiger partial charge on any atom is -0.325 e. The van der Waals surface area contributed by atoms with Gasteiger partial charge in [0.05, 0.1) is 5.75 Å². The van der Waals surface area contributed by atoms with E-state index in [0.29, 0.717) is 27.3 Å². The number of benzene rings is 2. The molecule has 0 radical (unpaired) electrons. The summed E-state index contributed by atoms with van der Waals surface area (Å²) in [6.07, 6.45) is 0. The van der Waals surface area contributed by atoms with Gasteiger partial charge in [-0.2, -0.15) is 0 Å². The molecule has 2 aromatic carbocycles. The topological polar surface area (TPSA) is 76.9 Å². The Morgan fingerprint density at radius 3 is 2.59 bits per heavy atom. The molecule has 3 aromatic rings. The zero-order valence-corrected chi connectivity index (χ0v) is 16.3. The zero-order valence-electron chi connectivity index (χ0n) is 14.8. The van der Waals surface area contributed by atoms with Crippen molar-refractivity contribution in [3.05, 3.63) is 59.1 Å². The number of thioether (sulfide) groups is 1. The molecule has 0 spiro atoms. The molecule has 138 valence electrons. The second-order valence-corrected chi connectivity index (χ2v) is 7.22. The van der Waals surface area contributed by atoms with Crippen LogP contribution in [-0.4, -0.2) is 32.2 Å². The first-order chi connectivity index (χ1) is 12.9. The number of Topliss-reactive ketones (excluding diaryl/α,β-unsaturated/α-hetero) is 1. The first-order valence-corrected chi connectivity index (χ1v) is 9.49. The fraction of sp³-hybridized carbons (Fsp3) is 0.158. The van der Waals surface area contributed by atoms with Crippen LogP contribution in [0.3, 0.4) is 0 Å². The average molecular weight is 401 g/mol. The number of anilines is 1. The van der Waals surface area contributed by atoms with E-state index in [1.807, 2.05) is 23.7 Å². The number of hydrogen-bond donors (Lipinski definition) is 1. The van der Waals surface area contributed by atoms with Crippen LogP contribution in [0.1, 0.15) is 17.3 Å². The number of hydrogen-bond acceptors (Lipinski definition) is 5. The number of aromatic nitrogens is 3. The number of carbonyl (C=O) groups excluding carboxylic acids is 2. The van der Waals surface area contributed by atoms with E-state index in [9.17, 15) is 9.59 Å². The molecule has 27 heavy (non-hydrogen) atoms. The normalized spacial score (nSPS) is 10.6. The van der Waals surface area contributed by atoms with Crippen LogP contribution in [0.2, 0.25) is 5.02 Å². The average Bonchev–Trinajstić information content (AvgIpc) is 3.01. The smallest absolute Gasteiger partial charge is 0.234 e. The van der Waals surface area contributed by atoms with Gasteiger partial charge in [0.15, 0.2) is 16.8 Å². The first kappa shape index (κ1) is 19.1. The zero-order chi connectivity index (χ0) is 19.4. The van der Waals surface area contributed by atoms with Crippen LogP contribution in [0.25, 0.3) is 11.4 Å². The molecule has 0 aliphatic carbocycles. The highest BCUT2D eigenvalue weighted by Gasteiger charge is 2.13. The molecule has 1 aromatic heterocycles. The summed E-state index contributed by atoms with van der Waals surface area (Å²) >= 11 is 7.20. The summed E-state index contributed by atoms with van der Waals surface area (Å²) in [5, 5.41) is 12.4. The number of nitrogens with zero attached hydrogens (tertiary/aromatic N) is 3. The van der Waals surface area contributed by atoms with Crippen LogP contribution < -0.4 is 5.32 Å². The van der Waals surface area contributed by atoms with Gasteiger partial charge in [-0.3, -0.25) is 9.59 Å². The lowest BCUT2D eigenvalue weighted by molar-refractivity contribution is -0.113. The van der Waals surface area contributed by atoms with Crippen molar-refractivity contribution in [2.45, 2.75) is 12.1 Å². The van der Waals surface area contributed by atoms with Crippen LogP contribution in [0.5, 0.6) is 0 Å². The molecular formula is C19H17ClN4O2S. The van der Waals surface area contributed by atoms with Crippen molar-refractivity contribution in [1.29, 1.82) is 0 Å². The van der Waals surface area contributed by atoms with Gasteiger partial charge in [0.25, 0.3) is 0 Å². The van der Waals surface area contributed by atoms with Crippen LogP contribution in [0.4, 0.5) is 5.69 Å². The van der Waals surface area contributed by atoms with Crippen molar-refractivity contribution in [3.63, 3.8) is 0 Å². The van der Waals surface area contributed by atoms with Gasteiger partial charge in [0.1, 0.15) is 0 Å². The van der Waals surface area contributed by atoms with Crippen LogP contribution in [0, 0.1) is 0 Å². The third-order valence-electron chi connectivity index (χ3n) is 3.82. The lowest BCUT2D eigenvalue weighted by Crippen LogP contribution is -2.14. The van der Waals surface area contributed by atoms with E-state index < -0.39 is 0 Å². The fourth-order valence-corrected chi connectivity index (χ4v) is 3.27. The van der Waals surface area contributed by atoms with Crippen molar-refractivity contribution in [3.8, 4) is 11.4 Å². The maximum atomic E-state index is 12.2. The van der Waals surface area contributed by atoms with Gasteiger partial charge in [0, 0.05) is 28.9 Å². The van der Waals surface area contributed by atoms with E-state index in [1.54, 1.807) is 36.4 Å². The van der Waals surface area contributed by atoms with Crippen LogP contribution in [-0.2, 0) is 11.8 Å². The lowest BCUT2D eigenvalue weighted by Gasteiger charge is -2.07. The van der Waals surface area contributed by atoms with Gasteiger partial charge < -0.3 is 9.88 Å². The van der Waals surface area contributed by atoms with Gasteiger partial charge in [0.2, 0.25) is 5.91 Å². The predicted molar refractivity (Wildman–Crippen MR) is 107 cm³/mol. The molecule has 0 saturated heterocycles. The minimum atomic E-state index is -0.184. The summed E-state index contributed by atoms with van der Waals surface area (Å²) < 4.78 is 1.83. The molecule has 6 nitrogen and oxygen atoms in total. The summed E-state index contributed by atoms with van der Waals surface area (Å²) in [6, 6.07) is 14.2. The standard InChI is InChI=1S/C19H17ClN4O2S/c1-12(25)14-4-3-5-16(10-14)21-17(26)11-27-19-23-22-18(24(19)2)13-6-8-15(20)9-7-13/h3-10H,11H2,1-2H3,(H,21,26). The summed E-state index contributed by atoms with van der Waals surface area (Å²) in [4.78, 5) is 23.6. The largest absolute Gasteiger partial charge is 0.325 e. The highest BCUT2D eigenvalue weighted by molar-refractivity contribution is 7.99. The van der Waals surface area contributed by atoms with Crippen molar-refractivity contribution < 1.29 is 9.59 Å². The van der Waals surface area contributed by atoms with E-state index in [0.717, 1.165) is 5.56 Å². The molecule has 0 unspecified atom stereocenters. The number of halogens is 1. The number of carbonyl (C=O) groups is 2. The maximum absolute atomic E-state index is 12.2. The Balaban J connectivity index is 1.63. The molecule has 1 amide bonds. The molecule has 8 heteroatoms. The Bertz CT molecular complexity index is 986. The van der Waals surface area contributed by atoms with Crippen molar-refractivity contribution in [2.24, 2.45) is 7.05 Å². The molecule has 1 heterocycles. The highest BCUT2D eigenvalue weighted by Crippen LogP contribution is 2.24. The van der Waals surface area contributed by atoms with E-state index in [1.165, 1.54) is 18.7 Å². The highest BCUT2D eigenvalue weighted by atomic mass is 35.5. The minimum absolute atomic E-state index is 0.0470. The van der Waals surface area contributed by atoms with E-state index >= 15 is 0 Å². The van der Waals surface area contributed by atoms with Gasteiger partial charge in [-0.1, -0.05) is 35.5 Å². The third kappa shape index (κ3) is 4.75. The van der Waals surface area contributed by atoms with Gasteiger partial charge in [-0.05, 0) is 43.3 Å². The predicted octanol–water partition coefficient (Wildman–Crippen LogP) is 4.07. The molecule has 0 saturated carbocycles. The Morgan fingerprint density at radius 1 is 1.15 bits per heavy atom. The number of rotatable bonds is 6. The van der Waals surface area contributed by atoms with Gasteiger partial charge >= 0.3 is 0 Å². The number of ketones is 1. The summed E-state index contributed by atoms with van der Waals surface area (Å²) in [5.74, 6) is 0.645. The summed E-state index contributed by atoms with van der Waals surface area (Å²) in [5.41, 5.74) is 2.04. The van der Waals surface area contributed by atoms with E-state index in [2.05, 4.69) is 15.5 Å². The Morgan fingerprint density at radius 2 is 1.89 bits per heavy atom. The second kappa shape index (κ2) is 8.37. The van der Waals surface area contributed by atoms with E-state index in [-0.39, 0.29) is 17.4 Å². The van der Waals surface area contributed by atoms with Gasteiger partial charge in [-0.15, -0.1) is 10.2 Å². The number of nitrogens with one attached hydrogen (secondary N) is 1. The fourth-order valence-electron chi connectivity index (χ4n) is 2.43. The van der Waals surface area contributed by atoms with Crippen molar-refractivity contribution in [2.75, 3.05) is 11.1 Å². The van der Waals surface area contributed by atoms with Crippen LogP contribution >= 0.6 is 23.4 Å².